The number of fused-ring (bicyclic) bond motifs is 1. The van der Waals surface area contributed by atoms with Gasteiger partial charge in [-0.2, -0.15) is 4.31 Å². The van der Waals surface area contributed by atoms with Crippen molar-refractivity contribution in [2.24, 2.45) is 0 Å². The molecule has 0 unspecified atom stereocenters. The molecule has 1 fully saturated rings. The van der Waals surface area contributed by atoms with E-state index in [-0.39, 0.29) is 5.92 Å². The molecule has 1 aliphatic heterocycles. The Balaban J connectivity index is 1.68. The van der Waals surface area contributed by atoms with E-state index in [2.05, 4.69) is 12.1 Å². The molecule has 24 heavy (non-hydrogen) atoms. The fourth-order valence-electron chi connectivity index (χ4n) is 3.50. The highest BCUT2D eigenvalue weighted by atomic mass is 32.2. The maximum atomic E-state index is 13.2. The third-order valence-electron chi connectivity index (χ3n) is 4.79. The molecule has 122 valence electrons. The number of hydrogen-bond donors (Lipinski definition) is 0. The van der Waals surface area contributed by atoms with Crippen LogP contribution in [0.1, 0.15) is 17.9 Å². The second-order valence-corrected chi connectivity index (χ2v) is 8.14. The Labute approximate surface area is 142 Å². The lowest BCUT2D eigenvalue weighted by Gasteiger charge is -2.18. The standard InChI is InChI=1S/C20H19NO2S/c22-24(23,20-12-6-10-17-9-4-5-11-19(17)20)21-14-13-18(15-21)16-7-2-1-3-8-16/h1-12,18H,13-15H2/t18-/m0/s1. The van der Waals surface area contributed by atoms with E-state index in [9.17, 15) is 8.42 Å². The highest BCUT2D eigenvalue weighted by Crippen LogP contribution is 2.33. The van der Waals surface area contributed by atoms with Gasteiger partial charge in [-0.3, -0.25) is 0 Å². The molecule has 0 radical (unpaired) electrons. The Kier molecular flexibility index (Phi) is 3.87. The zero-order valence-electron chi connectivity index (χ0n) is 13.3. The smallest absolute Gasteiger partial charge is 0.207 e. The summed E-state index contributed by atoms with van der Waals surface area (Å²) in [6, 6.07) is 23.3. The van der Waals surface area contributed by atoms with Gasteiger partial charge < -0.3 is 0 Å². The van der Waals surface area contributed by atoms with Crippen LogP contribution >= 0.6 is 0 Å². The summed E-state index contributed by atoms with van der Waals surface area (Å²) in [6.45, 7) is 1.13. The Hall–Kier alpha value is -2.17. The fourth-order valence-corrected chi connectivity index (χ4v) is 5.22. The van der Waals surface area contributed by atoms with Gasteiger partial charge in [0.2, 0.25) is 10.0 Å². The van der Waals surface area contributed by atoms with Crippen LogP contribution in [0.2, 0.25) is 0 Å². The minimum Gasteiger partial charge on any atom is -0.207 e. The summed E-state index contributed by atoms with van der Waals surface area (Å²) in [4.78, 5) is 0.411. The molecule has 1 atom stereocenters. The van der Waals surface area contributed by atoms with Crippen molar-refractivity contribution >= 4 is 20.8 Å². The molecule has 1 heterocycles. The summed E-state index contributed by atoms with van der Waals surface area (Å²) in [5.41, 5.74) is 1.22. The molecule has 3 nitrogen and oxygen atoms in total. The van der Waals surface area contributed by atoms with Crippen LogP contribution in [0.5, 0.6) is 0 Å². The lowest BCUT2D eigenvalue weighted by molar-refractivity contribution is 0.473. The second kappa shape index (κ2) is 6.04. The predicted molar refractivity (Wildman–Crippen MR) is 96.5 cm³/mol. The van der Waals surface area contributed by atoms with Crippen molar-refractivity contribution in [2.45, 2.75) is 17.2 Å². The molecule has 4 heteroatoms. The van der Waals surface area contributed by atoms with Crippen molar-refractivity contribution in [3.8, 4) is 0 Å². The summed E-state index contributed by atoms with van der Waals surface area (Å²) in [6.07, 6.45) is 0.869. The average Bonchev–Trinajstić information content (AvgIpc) is 3.13. The minimum atomic E-state index is -3.47. The van der Waals surface area contributed by atoms with Crippen LogP contribution in [0.25, 0.3) is 10.8 Å². The molecule has 1 saturated heterocycles. The maximum Gasteiger partial charge on any atom is 0.243 e. The molecular weight excluding hydrogens is 318 g/mol. The highest BCUT2D eigenvalue weighted by Gasteiger charge is 2.33. The van der Waals surface area contributed by atoms with Gasteiger partial charge in [-0.05, 0) is 29.4 Å². The number of sulfonamides is 1. The van der Waals surface area contributed by atoms with Gasteiger partial charge in [0, 0.05) is 18.5 Å². The topological polar surface area (TPSA) is 37.4 Å². The zero-order chi connectivity index (χ0) is 16.6. The molecule has 3 aromatic rings. The summed E-state index contributed by atoms with van der Waals surface area (Å²) < 4.78 is 27.9. The molecule has 3 aromatic carbocycles. The van der Waals surface area contributed by atoms with Crippen molar-refractivity contribution in [1.29, 1.82) is 0 Å². The first kappa shape index (κ1) is 15.4. The molecule has 0 bridgehead atoms. The number of benzene rings is 3. The van der Waals surface area contributed by atoms with Gasteiger partial charge >= 0.3 is 0 Å². The van der Waals surface area contributed by atoms with E-state index in [4.69, 9.17) is 0 Å². The second-order valence-electron chi connectivity index (χ2n) is 6.24. The van der Waals surface area contributed by atoms with E-state index >= 15 is 0 Å². The van der Waals surface area contributed by atoms with Gasteiger partial charge in [0.25, 0.3) is 0 Å². The van der Waals surface area contributed by atoms with E-state index in [1.54, 1.807) is 10.4 Å². The molecule has 0 N–H and O–H groups in total. The van der Waals surface area contributed by atoms with Crippen LogP contribution in [-0.2, 0) is 10.0 Å². The predicted octanol–water partition coefficient (Wildman–Crippen LogP) is 4.02. The first-order chi connectivity index (χ1) is 11.7. The molecule has 0 spiro atoms. The molecule has 0 saturated carbocycles. The Morgan fingerprint density at radius 2 is 1.54 bits per heavy atom. The SMILES string of the molecule is O=S(=O)(c1cccc2ccccc12)N1CC[C@H](c2ccccc2)C1. The van der Waals surface area contributed by atoms with E-state index in [0.717, 1.165) is 17.2 Å². The summed E-state index contributed by atoms with van der Waals surface area (Å²) >= 11 is 0. The van der Waals surface area contributed by atoms with Crippen molar-refractivity contribution in [3.05, 3.63) is 78.4 Å². The van der Waals surface area contributed by atoms with Gasteiger partial charge in [0.05, 0.1) is 4.90 Å². The van der Waals surface area contributed by atoms with Crippen molar-refractivity contribution < 1.29 is 8.42 Å². The van der Waals surface area contributed by atoms with Crippen LogP contribution in [0.3, 0.4) is 0 Å². The van der Waals surface area contributed by atoms with Gasteiger partial charge in [0.15, 0.2) is 0 Å². The van der Waals surface area contributed by atoms with Gasteiger partial charge in [-0.25, -0.2) is 8.42 Å². The Morgan fingerprint density at radius 1 is 0.833 bits per heavy atom. The number of hydrogen-bond acceptors (Lipinski definition) is 2. The quantitative estimate of drug-likeness (QED) is 0.724. The number of nitrogens with zero attached hydrogens (tertiary/aromatic N) is 1. The van der Waals surface area contributed by atoms with Gasteiger partial charge in [-0.15, -0.1) is 0 Å². The first-order valence-corrected chi connectivity index (χ1v) is 9.63. The normalized spacial score (nSPS) is 18.9. The number of rotatable bonds is 3. The van der Waals surface area contributed by atoms with Crippen LogP contribution < -0.4 is 0 Å². The molecule has 0 amide bonds. The third-order valence-corrected chi connectivity index (χ3v) is 6.71. The van der Waals surface area contributed by atoms with E-state index in [1.165, 1.54) is 5.56 Å². The first-order valence-electron chi connectivity index (χ1n) is 8.19. The minimum absolute atomic E-state index is 0.274. The fraction of sp³-hybridized carbons (Fsp3) is 0.200. The lowest BCUT2D eigenvalue weighted by Crippen LogP contribution is -2.28. The van der Waals surface area contributed by atoms with Crippen LogP contribution in [0, 0.1) is 0 Å². The maximum absolute atomic E-state index is 13.2. The highest BCUT2D eigenvalue weighted by molar-refractivity contribution is 7.89. The Morgan fingerprint density at radius 3 is 2.38 bits per heavy atom. The van der Waals surface area contributed by atoms with Crippen LogP contribution in [0.15, 0.2) is 77.7 Å². The molecule has 4 rings (SSSR count). The molecule has 0 aliphatic carbocycles. The van der Waals surface area contributed by atoms with Crippen molar-refractivity contribution in [3.63, 3.8) is 0 Å². The van der Waals surface area contributed by atoms with Gasteiger partial charge in [0.1, 0.15) is 0 Å². The van der Waals surface area contributed by atoms with E-state index in [1.807, 2.05) is 54.6 Å². The monoisotopic (exact) mass is 337 g/mol. The van der Waals surface area contributed by atoms with Crippen LogP contribution in [0.4, 0.5) is 0 Å². The molecule has 1 aliphatic rings. The third kappa shape index (κ3) is 2.62. The average molecular weight is 337 g/mol. The zero-order valence-corrected chi connectivity index (χ0v) is 14.1. The molecule has 0 aromatic heterocycles. The van der Waals surface area contributed by atoms with Crippen molar-refractivity contribution in [1.82, 2.24) is 4.31 Å². The van der Waals surface area contributed by atoms with E-state index in [0.29, 0.717) is 18.0 Å². The lowest BCUT2D eigenvalue weighted by atomic mass is 9.99. The molecular formula is C20H19NO2S. The van der Waals surface area contributed by atoms with E-state index < -0.39 is 10.0 Å². The van der Waals surface area contributed by atoms with Crippen LogP contribution in [-0.4, -0.2) is 25.8 Å². The summed E-state index contributed by atoms with van der Waals surface area (Å²) in [5.74, 6) is 0.274. The summed E-state index contributed by atoms with van der Waals surface area (Å²) in [7, 11) is -3.47. The van der Waals surface area contributed by atoms with Gasteiger partial charge in [-0.1, -0.05) is 66.7 Å². The Bertz CT molecular complexity index is 962. The largest absolute Gasteiger partial charge is 0.243 e. The van der Waals surface area contributed by atoms with Crippen molar-refractivity contribution in [2.75, 3.05) is 13.1 Å². The summed E-state index contributed by atoms with van der Waals surface area (Å²) in [5, 5.41) is 1.75.